The van der Waals surface area contributed by atoms with Gasteiger partial charge in [0.2, 0.25) is 10.0 Å². The normalized spacial score (nSPS) is 15.6. The van der Waals surface area contributed by atoms with Crippen molar-refractivity contribution in [3.63, 3.8) is 0 Å². The summed E-state index contributed by atoms with van der Waals surface area (Å²) in [7, 11) is -0.489. The van der Waals surface area contributed by atoms with Crippen molar-refractivity contribution < 1.29 is 27.8 Å². The summed E-state index contributed by atoms with van der Waals surface area (Å²) < 4.78 is 37.0. The molecule has 1 unspecified atom stereocenters. The van der Waals surface area contributed by atoms with Gasteiger partial charge in [0.05, 0.1) is 25.2 Å². The summed E-state index contributed by atoms with van der Waals surface area (Å²) >= 11 is 0. The second-order valence-corrected chi connectivity index (χ2v) is 8.91. The van der Waals surface area contributed by atoms with Crippen molar-refractivity contribution in [2.75, 3.05) is 33.9 Å². The fourth-order valence-electron chi connectivity index (χ4n) is 3.33. The van der Waals surface area contributed by atoms with Crippen molar-refractivity contribution in [1.29, 1.82) is 0 Å². The zero-order valence-corrected chi connectivity index (χ0v) is 17.8. The first-order valence-electron chi connectivity index (χ1n) is 9.65. The molecule has 1 aliphatic rings. The molecular formula is C21H26N2O6S. The summed E-state index contributed by atoms with van der Waals surface area (Å²) in [6, 6.07) is 10.8. The van der Waals surface area contributed by atoms with E-state index in [0.717, 1.165) is 12.8 Å². The van der Waals surface area contributed by atoms with Crippen molar-refractivity contribution in [3.8, 4) is 11.5 Å². The van der Waals surface area contributed by atoms with Crippen LogP contribution in [0.15, 0.2) is 47.4 Å². The van der Waals surface area contributed by atoms with E-state index in [1.807, 2.05) is 0 Å². The quantitative estimate of drug-likeness (QED) is 0.658. The van der Waals surface area contributed by atoms with Gasteiger partial charge in [-0.15, -0.1) is 0 Å². The van der Waals surface area contributed by atoms with Gasteiger partial charge in [-0.05, 0) is 54.8 Å². The molecule has 9 heteroatoms. The van der Waals surface area contributed by atoms with Crippen LogP contribution in [0.25, 0.3) is 0 Å². The fraction of sp³-hybridized carbons (Fsp3) is 0.381. The van der Waals surface area contributed by atoms with Crippen LogP contribution in [-0.4, -0.2) is 57.6 Å². The number of nitrogens with zero attached hydrogens (tertiary/aromatic N) is 1. The third kappa shape index (κ3) is 4.75. The lowest BCUT2D eigenvalue weighted by Gasteiger charge is -2.16. The lowest BCUT2D eigenvalue weighted by Crippen LogP contribution is -2.29. The first-order chi connectivity index (χ1) is 14.4. The first-order valence-corrected chi connectivity index (χ1v) is 11.1. The van der Waals surface area contributed by atoms with Crippen LogP contribution in [0.4, 0.5) is 0 Å². The van der Waals surface area contributed by atoms with Gasteiger partial charge in [0, 0.05) is 25.2 Å². The number of aliphatic hydroxyl groups is 1. The molecule has 30 heavy (non-hydrogen) atoms. The predicted octanol–water partition coefficient (Wildman–Crippen LogP) is 1.95. The minimum atomic E-state index is -3.52. The number of methoxy groups -OCH3 is 2. The third-order valence-electron chi connectivity index (χ3n) is 5.07. The molecule has 2 aromatic carbocycles. The fourth-order valence-corrected chi connectivity index (χ4v) is 4.84. The Balaban J connectivity index is 1.62. The molecule has 1 saturated heterocycles. The second kappa shape index (κ2) is 9.46. The summed E-state index contributed by atoms with van der Waals surface area (Å²) in [5.41, 5.74) is 0.884. The van der Waals surface area contributed by atoms with Crippen molar-refractivity contribution in [3.05, 3.63) is 53.6 Å². The highest BCUT2D eigenvalue weighted by Crippen LogP contribution is 2.29. The van der Waals surface area contributed by atoms with E-state index in [1.54, 1.807) is 18.2 Å². The Kier molecular flexibility index (Phi) is 6.96. The number of nitrogens with one attached hydrogen (secondary N) is 1. The van der Waals surface area contributed by atoms with E-state index >= 15 is 0 Å². The highest BCUT2D eigenvalue weighted by molar-refractivity contribution is 7.89. The standard InChI is InChI=1S/C21H26N2O6S/c1-28-19-10-7-16(13-20(19)29-2)18(24)14-22-21(25)15-5-8-17(9-6-15)30(26,27)23-11-3-4-12-23/h5-10,13,18,24H,3-4,11-12,14H2,1-2H3,(H,22,25). The van der Waals surface area contributed by atoms with Crippen LogP contribution in [0.2, 0.25) is 0 Å². The maximum absolute atomic E-state index is 12.6. The molecule has 1 amide bonds. The predicted molar refractivity (Wildman–Crippen MR) is 111 cm³/mol. The Bertz CT molecular complexity index is 985. The van der Waals surface area contributed by atoms with Crippen LogP contribution in [0, 0.1) is 0 Å². The molecule has 1 heterocycles. The van der Waals surface area contributed by atoms with Crippen LogP contribution >= 0.6 is 0 Å². The average molecular weight is 435 g/mol. The molecule has 0 bridgehead atoms. The van der Waals surface area contributed by atoms with Gasteiger partial charge in [0.25, 0.3) is 5.91 Å². The average Bonchev–Trinajstić information content (AvgIpc) is 3.32. The number of aliphatic hydroxyl groups excluding tert-OH is 1. The Morgan fingerprint density at radius 1 is 1.07 bits per heavy atom. The number of ether oxygens (including phenoxy) is 2. The van der Waals surface area contributed by atoms with Crippen LogP contribution in [-0.2, 0) is 10.0 Å². The SMILES string of the molecule is COc1ccc(C(O)CNC(=O)c2ccc(S(=O)(=O)N3CCCC3)cc2)cc1OC. The van der Waals surface area contributed by atoms with Gasteiger partial charge < -0.3 is 19.9 Å². The number of sulfonamides is 1. The molecule has 3 rings (SSSR count). The highest BCUT2D eigenvalue weighted by Gasteiger charge is 2.27. The van der Waals surface area contributed by atoms with Crippen LogP contribution in [0.3, 0.4) is 0 Å². The van der Waals surface area contributed by atoms with Crippen molar-refractivity contribution in [2.24, 2.45) is 0 Å². The molecule has 1 aliphatic heterocycles. The van der Waals surface area contributed by atoms with Crippen molar-refractivity contribution in [1.82, 2.24) is 9.62 Å². The topological polar surface area (TPSA) is 105 Å². The number of amides is 1. The van der Waals surface area contributed by atoms with Gasteiger partial charge in [0.15, 0.2) is 11.5 Å². The van der Waals surface area contributed by atoms with E-state index in [9.17, 15) is 18.3 Å². The Hall–Kier alpha value is -2.62. The van der Waals surface area contributed by atoms with E-state index in [4.69, 9.17) is 9.47 Å². The summed E-state index contributed by atoms with van der Waals surface area (Å²) in [5.74, 6) is 0.622. The number of carbonyl (C=O) groups excluding carboxylic acids is 1. The number of rotatable bonds is 8. The molecule has 2 N–H and O–H groups in total. The molecule has 0 radical (unpaired) electrons. The molecule has 0 spiro atoms. The summed E-state index contributed by atoms with van der Waals surface area (Å²) in [6.07, 6.45) is 0.785. The summed E-state index contributed by atoms with van der Waals surface area (Å²) in [4.78, 5) is 12.6. The first kappa shape index (κ1) is 22.1. The van der Waals surface area contributed by atoms with Gasteiger partial charge in [-0.2, -0.15) is 4.31 Å². The Labute approximate surface area is 176 Å². The van der Waals surface area contributed by atoms with Gasteiger partial charge in [-0.3, -0.25) is 4.79 Å². The Morgan fingerprint density at radius 3 is 2.30 bits per heavy atom. The monoisotopic (exact) mass is 434 g/mol. The van der Waals surface area contributed by atoms with E-state index < -0.39 is 22.0 Å². The largest absolute Gasteiger partial charge is 0.493 e. The lowest BCUT2D eigenvalue weighted by atomic mass is 10.1. The maximum atomic E-state index is 12.6. The second-order valence-electron chi connectivity index (χ2n) is 6.98. The molecule has 0 aromatic heterocycles. The van der Waals surface area contributed by atoms with Gasteiger partial charge in [0.1, 0.15) is 0 Å². The molecule has 0 aliphatic carbocycles. The van der Waals surface area contributed by atoms with Gasteiger partial charge in [-0.25, -0.2) is 8.42 Å². The van der Waals surface area contributed by atoms with Crippen LogP contribution in [0.5, 0.6) is 11.5 Å². The molecule has 8 nitrogen and oxygen atoms in total. The van der Waals surface area contributed by atoms with E-state index in [2.05, 4.69) is 5.32 Å². The molecule has 2 aromatic rings. The Morgan fingerprint density at radius 2 is 1.70 bits per heavy atom. The minimum Gasteiger partial charge on any atom is -0.493 e. The lowest BCUT2D eigenvalue weighted by molar-refractivity contribution is 0.0916. The zero-order valence-electron chi connectivity index (χ0n) is 17.0. The smallest absolute Gasteiger partial charge is 0.251 e. The van der Waals surface area contributed by atoms with Crippen LogP contribution < -0.4 is 14.8 Å². The zero-order chi connectivity index (χ0) is 21.7. The van der Waals surface area contributed by atoms with E-state index in [-0.39, 0.29) is 11.4 Å². The van der Waals surface area contributed by atoms with Crippen molar-refractivity contribution in [2.45, 2.75) is 23.8 Å². The number of benzene rings is 2. The highest BCUT2D eigenvalue weighted by atomic mass is 32.2. The third-order valence-corrected chi connectivity index (χ3v) is 6.98. The minimum absolute atomic E-state index is 0.0118. The number of carbonyl (C=O) groups is 1. The molecule has 1 fully saturated rings. The van der Waals surface area contributed by atoms with Crippen molar-refractivity contribution >= 4 is 15.9 Å². The van der Waals surface area contributed by atoms with E-state index in [0.29, 0.717) is 35.7 Å². The number of hydrogen-bond donors (Lipinski definition) is 2. The summed E-state index contributed by atoms with van der Waals surface area (Å²) in [5, 5.41) is 13.0. The number of hydrogen-bond acceptors (Lipinski definition) is 6. The molecular weight excluding hydrogens is 408 g/mol. The molecule has 1 atom stereocenters. The van der Waals surface area contributed by atoms with Crippen LogP contribution in [0.1, 0.15) is 34.9 Å². The van der Waals surface area contributed by atoms with Gasteiger partial charge in [-0.1, -0.05) is 6.07 Å². The molecule has 162 valence electrons. The molecule has 0 saturated carbocycles. The van der Waals surface area contributed by atoms with E-state index in [1.165, 1.54) is 42.8 Å². The maximum Gasteiger partial charge on any atom is 0.251 e. The summed E-state index contributed by atoms with van der Waals surface area (Å²) in [6.45, 7) is 1.04. The van der Waals surface area contributed by atoms with Gasteiger partial charge >= 0.3 is 0 Å².